The van der Waals surface area contributed by atoms with Gasteiger partial charge < -0.3 is 11.1 Å². The molecule has 92 valence electrons. The van der Waals surface area contributed by atoms with Crippen LogP contribution in [0, 0.1) is 17.7 Å². The molecule has 0 bridgehead atoms. The lowest BCUT2D eigenvalue weighted by Gasteiger charge is -2.13. The van der Waals surface area contributed by atoms with Gasteiger partial charge >= 0.3 is 0 Å². The smallest absolute Gasteiger partial charge is 0.146 e. The van der Waals surface area contributed by atoms with Gasteiger partial charge in [0, 0.05) is 12.1 Å². The van der Waals surface area contributed by atoms with Gasteiger partial charge in [-0.1, -0.05) is 19.1 Å². The molecule has 1 aromatic rings. The Morgan fingerprint density at radius 3 is 2.82 bits per heavy atom. The molecule has 1 fully saturated rings. The molecule has 1 aliphatic carbocycles. The molecule has 17 heavy (non-hydrogen) atoms. The van der Waals surface area contributed by atoms with Crippen molar-refractivity contribution in [2.45, 2.75) is 19.8 Å². The lowest BCUT2D eigenvalue weighted by atomic mass is 10.1. The molecule has 0 spiro atoms. The van der Waals surface area contributed by atoms with Crippen molar-refractivity contribution < 1.29 is 4.39 Å². The summed E-state index contributed by atoms with van der Waals surface area (Å²) < 4.78 is 13.7. The summed E-state index contributed by atoms with van der Waals surface area (Å²) in [6.45, 7) is 3.01. The van der Waals surface area contributed by atoms with Crippen LogP contribution in [0.5, 0.6) is 0 Å². The molecule has 0 aromatic heterocycles. The van der Waals surface area contributed by atoms with Crippen LogP contribution >= 0.6 is 12.2 Å². The Kier molecular flexibility index (Phi) is 3.62. The third kappa shape index (κ3) is 3.16. The zero-order valence-electron chi connectivity index (χ0n) is 9.87. The average Bonchev–Trinajstić information content (AvgIpc) is 3.10. The molecule has 0 heterocycles. The van der Waals surface area contributed by atoms with Crippen molar-refractivity contribution in [3.8, 4) is 0 Å². The Balaban J connectivity index is 1.98. The van der Waals surface area contributed by atoms with Gasteiger partial charge in [0.25, 0.3) is 0 Å². The Bertz CT molecular complexity index is 429. The van der Waals surface area contributed by atoms with Crippen LogP contribution in [0.2, 0.25) is 0 Å². The first-order chi connectivity index (χ1) is 8.08. The number of rotatable bonds is 5. The lowest BCUT2D eigenvalue weighted by molar-refractivity contribution is 0.534. The summed E-state index contributed by atoms with van der Waals surface area (Å²) in [4.78, 5) is 0.224. The van der Waals surface area contributed by atoms with Crippen molar-refractivity contribution in [1.29, 1.82) is 0 Å². The van der Waals surface area contributed by atoms with Crippen molar-refractivity contribution in [2.24, 2.45) is 17.6 Å². The molecule has 1 aromatic carbocycles. The van der Waals surface area contributed by atoms with E-state index in [-0.39, 0.29) is 10.8 Å². The Morgan fingerprint density at radius 2 is 2.29 bits per heavy atom. The second-order valence-electron chi connectivity index (χ2n) is 4.75. The van der Waals surface area contributed by atoms with Crippen LogP contribution in [0.3, 0.4) is 0 Å². The minimum Gasteiger partial charge on any atom is -0.389 e. The highest BCUT2D eigenvalue weighted by atomic mass is 32.1. The average molecular weight is 252 g/mol. The summed E-state index contributed by atoms with van der Waals surface area (Å²) in [7, 11) is 0. The second kappa shape index (κ2) is 5.00. The SMILES string of the molecule is CC(CNc1ccc(C(N)=S)cc1F)C1CC1. The summed E-state index contributed by atoms with van der Waals surface area (Å²) in [5, 5.41) is 3.14. The van der Waals surface area contributed by atoms with E-state index < -0.39 is 0 Å². The normalized spacial score (nSPS) is 16.6. The fourth-order valence-corrected chi connectivity index (χ4v) is 2.04. The first-order valence-corrected chi connectivity index (χ1v) is 6.32. The van der Waals surface area contributed by atoms with Gasteiger partial charge in [0.2, 0.25) is 0 Å². The molecule has 1 unspecified atom stereocenters. The molecule has 0 radical (unpaired) electrons. The molecule has 1 aliphatic rings. The maximum atomic E-state index is 13.7. The zero-order valence-corrected chi connectivity index (χ0v) is 10.7. The number of nitrogens with one attached hydrogen (secondary N) is 1. The van der Waals surface area contributed by atoms with E-state index in [1.807, 2.05) is 0 Å². The number of hydrogen-bond acceptors (Lipinski definition) is 2. The van der Waals surface area contributed by atoms with Crippen LogP contribution in [0.25, 0.3) is 0 Å². The number of halogens is 1. The highest BCUT2D eigenvalue weighted by molar-refractivity contribution is 7.80. The fourth-order valence-electron chi connectivity index (χ4n) is 1.91. The standard InChI is InChI=1S/C13H17FN2S/c1-8(9-2-3-9)7-16-12-5-4-10(13(15)17)6-11(12)14/h4-6,8-9,16H,2-3,7H2,1H3,(H2,15,17). The first kappa shape index (κ1) is 12.3. The van der Waals surface area contributed by atoms with Gasteiger partial charge in [0.05, 0.1) is 5.69 Å². The minimum absolute atomic E-state index is 0.224. The third-order valence-electron chi connectivity index (χ3n) is 3.29. The molecule has 0 amide bonds. The first-order valence-electron chi connectivity index (χ1n) is 5.91. The third-order valence-corrected chi connectivity index (χ3v) is 3.53. The Labute approximate surface area is 106 Å². The predicted molar refractivity (Wildman–Crippen MR) is 72.7 cm³/mol. The van der Waals surface area contributed by atoms with Crippen LogP contribution in [0.1, 0.15) is 25.3 Å². The molecular formula is C13H17FN2S. The van der Waals surface area contributed by atoms with E-state index in [0.717, 1.165) is 12.5 Å². The minimum atomic E-state index is -0.293. The van der Waals surface area contributed by atoms with Crippen molar-refractivity contribution in [3.05, 3.63) is 29.6 Å². The molecule has 3 N–H and O–H groups in total. The molecule has 4 heteroatoms. The zero-order chi connectivity index (χ0) is 12.4. The Morgan fingerprint density at radius 1 is 1.59 bits per heavy atom. The van der Waals surface area contributed by atoms with Gasteiger partial charge in [0.1, 0.15) is 10.8 Å². The summed E-state index contributed by atoms with van der Waals surface area (Å²) in [5.74, 6) is 1.13. The number of benzene rings is 1. The van der Waals surface area contributed by atoms with Gasteiger partial charge in [0.15, 0.2) is 0 Å². The molecule has 0 aliphatic heterocycles. The second-order valence-corrected chi connectivity index (χ2v) is 5.19. The monoisotopic (exact) mass is 252 g/mol. The molecule has 1 atom stereocenters. The number of nitrogens with two attached hydrogens (primary N) is 1. The molecule has 2 nitrogen and oxygen atoms in total. The van der Waals surface area contributed by atoms with E-state index in [1.54, 1.807) is 12.1 Å². The summed E-state index contributed by atoms with van der Waals surface area (Å²) in [6, 6.07) is 4.82. The van der Waals surface area contributed by atoms with Gasteiger partial charge in [-0.05, 0) is 42.9 Å². The Hall–Kier alpha value is -1.16. The van der Waals surface area contributed by atoms with Crippen LogP contribution in [-0.2, 0) is 0 Å². The molecule has 0 saturated heterocycles. The predicted octanol–water partition coefficient (Wildman–Crippen LogP) is 2.92. The maximum Gasteiger partial charge on any atom is 0.146 e. The van der Waals surface area contributed by atoms with E-state index >= 15 is 0 Å². The van der Waals surface area contributed by atoms with Crippen LogP contribution in [0.4, 0.5) is 10.1 Å². The summed E-state index contributed by atoms with van der Waals surface area (Å²) >= 11 is 4.80. The quantitative estimate of drug-likeness (QED) is 0.791. The van der Waals surface area contributed by atoms with E-state index in [9.17, 15) is 4.39 Å². The van der Waals surface area contributed by atoms with Crippen molar-refractivity contribution in [1.82, 2.24) is 0 Å². The van der Waals surface area contributed by atoms with Crippen molar-refractivity contribution in [2.75, 3.05) is 11.9 Å². The molecule has 1 saturated carbocycles. The summed E-state index contributed by atoms with van der Waals surface area (Å²) in [5.41, 5.74) is 6.54. The van der Waals surface area contributed by atoms with Gasteiger partial charge in [-0.3, -0.25) is 0 Å². The van der Waals surface area contributed by atoms with Crippen molar-refractivity contribution >= 4 is 22.9 Å². The summed E-state index contributed by atoms with van der Waals surface area (Å²) in [6.07, 6.45) is 2.62. The van der Waals surface area contributed by atoms with Gasteiger partial charge in [-0.25, -0.2) is 4.39 Å². The van der Waals surface area contributed by atoms with Gasteiger partial charge in [-0.2, -0.15) is 0 Å². The van der Waals surface area contributed by atoms with Crippen LogP contribution in [-0.4, -0.2) is 11.5 Å². The van der Waals surface area contributed by atoms with E-state index in [2.05, 4.69) is 12.2 Å². The van der Waals surface area contributed by atoms with Crippen LogP contribution in [0.15, 0.2) is 18.2 Å². The lowest BCUT2D eigenvalue weighted by Crippen LogP contribution is -2.14. The largest absolute Gasteiger partial charge is 0.389 e. The van der Waals surface area contributed by atoms with Crippen LogP contribution < -0.4 is 11.1 Å². The molecule has 2 rings (SSSR count). The highest BCUT2D eigenvalue weighted by Crippen LogP contribution is 2.36. The maximum absolute atomic E-state index is 13.7. The number of thiocarbonyl (C=S) groups is 1. The van der Waals surface area contributed by atoms with E-state index in [0.29, 0.717) is 17.2 Å². The van der Waals surface area contributed by atoms with E-state index in [4.69, 9.17) is 18.0 Å². The van der Waals surface area contributed by atoms with Crippen molar-refractivity contribution in [3.63, 3.8) is 0 Å². The number of anilines is 1. The van der Waals surface area contributed by atoms with Gasteiger partial charge in [-0.15, -0.1) is 0 Å². The van der Waals surface area contributed by atoms with E-state index in [1.165, 1.54) is 18.9 Å². The fraction of sp³-hybridized carbons (Fsp3) is 0.462. The number of hydrogen-bond donors (Lipinski definition) is 2. The highest BCUT2D eigenvalue weighted by Gasteiger charge is 2.27. The molecular weight excluding hydrogens is 235 g/mol. The topological polar surface area (TPSA) is 38.0 Å².